The zero-order valence-electron chi connectivity index (χ0n) is 14.5. The smallest absolute Gasteiger partial charge is 0.226 e. The van der Waals surface area contributed by atoms with Crippen LogP contribution >= 0.6 is 12.4 Å². The number of rotatable bonds is 1. The highest BCUT2D eigenvalue weighted by atomic mass is 35.5. The fourth-order valence-corrected chi connectivity index (χ4v) is 5.20. The fraction of sp³-hybridized carbons (Fsp3) is 0.650. The van der Waals surface area contributed by atoms with E-state index in [0.29, 0.717) is 29.8 Å². The van der Waals surface area contributed by atoms with E-state index in [-0.39, 0.29) is 18.3 Å². The molecule has 1 amide bonds. The average molecular weight is 349 g/mol. The van der Waals surface area contributed by atoms with Gasteiger partial charge >= 0.3 is 0 Å². The largest absolute Gasteiger partial charge is 0.335 e. The third kappa shape index (κ3) is 3.09. The summed E-state index contributed by atoms with van der Waals surface area (Å²) in [6.45, 7) is 2.98. The van der Waals surface area contributed by atoms with Crippen molar-refractivity contribution in [2.45, 2.75) is 64.1 Å². The molecule has 3 unspecified atom stereocenters. The molecule has 2 bridgehead atoms. The number of benzene rings is 1. The monoisotopic (exact) mass is 348 g/mol. The van der Waals surface area contributed by atoms with Crippen LogP contribution in [0.3, 0.4) is 0 Å². The number of hydrogen-bond donors (Lipinski definition) is 1. The predicted octanol–water partition coefficient (Wildman–Crippen LogP) is 3.54. The summed E-state index contributed by atoms with van der Waals surface area (Å²) in [7, 11) is 0. The summed E-state index contributed by atoms with van der Waals surface area (Å²) in [5, 5.41) is 0. The zero-order chi connectivity index (χ0) is 16.0. The van der Waals surface area contributed by atoms with Crippen LogP contribution in [-0.4, -0.2) is 22.9 Å². The minimum Gasteiger partial charge on any atom is -0.335 e. The van der Waals surface area contributed by atoms with Crippen LogP contribution in [0.25, 0.3) is 0 Å². The summed E-state index contributed by atoms with van der Waals surface area (Å²) in [6, 6.07) is 9.22. The number of hydrogen-bond acceptors (Lipinski definition) is 2. The van der Waals surface area contributed by atoms with Gasteiger partial charge in [0, 0.05) is 24.5 Å². The van der Waals surface area contributed by atoms with Crippen LogP contribution in [0, 0.1) is 17.8 Å². The van der Waals surface area contributed by atoms with E-state index in [9.17, 15) is 4.79 Å². The van der Waals surface area contributed by atoms with Crippen molar-refractivity contribution in [3.05, 3.63) is 35.4 Å². The molecule has 24 heavy (non-hydrogen) atoms. The molecule has 1 aromatic rings. The summed E-state index contributed by atoms with van der Waals surface area (Å²) in [5.41, 5.74) is 9.13. The lowest BCUT2D eigenvalue weighted by atomic mass is 9.64. The van der Waals surface area contributed by atoms with Crippen LogP contribution in [0.1, 0.15) is 50.2 Å². The minimum atomic E-state index is 0. The molecule has 2 aliphatic carbocycles. The number of carbonyl (C=O) groups is 1. The van der Waals surface area contributed by atoms with Gasteiger partial charge in [0.25, 0.3) is 0 Å². The molecule has 4 heteroatoms. The predicted molar refractivity (Wildman–Crippen MR) is 98.9 cm³/mol. The molecular formula is C20H29ClN2O. The molecule has 3 atom stereocenters. The fourth-order valence-electron chi connectivity index (χ4n) is 5.20. The van der Waals surface area contributed by atoms with Gasteiger partial charge in [-0.05, 0) is 62.0 Å². The van der Waals surface area contributed by atoms with E-state index in [4.69, 9.17) is 5.73 Å². The molecule has 3 aliphatic rings. The molecule has 0 saturated heterocycles. The van der Waals surface area contributed by atoms with Gasteiger partial charge < -0.3 is 10.6 Å². The first-order chi connectivity index (χ1) is 11.1. The van der Waals surface area contributed by atoms with E-state index in [1.807, 2.05) is 0 Å². The highest BCUT2D eigenvalue weighted by Crippen LogP contribution is 2.43. The Balaban J connectivity index is 0.00000169. The van der Waals surface area contributed by atoms with E-state index in [1.54, 1.807) is 0 Å². The molecule has 0 spiro atoms. The maximum absolute atomic E-state index is 13.2. The van der Waals surface area contributed by atoms with Gasteiger partial charge in [-0.1, -0.05) is 30.7 Å². The number of fused-ring (bicyclic) bond motifs is 3. The zero-order valence-corrected chi connectivity index (χ0v) is 15.3. The molecule has 1 aromatic carbocycles. The highest BCUT2D eigenvalue weighted by Gasteiger charge is 2.42. The second-order valence-corrected chi connectivity index (χ2v) is 7.98. The van der Waals surface area contributed by atoms with Gasteiger partial charge in [-0.15, -0.1) is 12.4 Å². The Bertz CT molecular complexity index is 591. The van der Waals surface area contributed by atoms with Gasteiger partial charge in [0.1, 0.15) is 0 Å². The van der Waals surface area contributed by atoms with Gasteiger partial charge in [-0.25, -0.2) is 0 Å². The van der Waals surface area contributed by atoms with Crippen molar-refractivity contribution in [1.29, 1.82) is 0 Å². The number of nitrogens with two attached hydrogens (primary N) is 1. The molecule has 4 rings (SSSR count). The molecule has 0 radical (unpaired) electrons. The summed E-state index contributed by atoms with van der Waals surface area (Å²) in [4.78, 5) is 15.3. The molecule has 1 heterocycles. The molecule has 2 fully saturated rings. The second-order valence-electron chi connectivity index (χ2n) is 7.98. The Hall–Kier alpha value is -1.06. The van der Waals surface area contributed by atoms with Crippen LogP contribution in [0.2, 0.25) is 0 Å². The summed E-state index contributed by atoms with van der Waals surface area (Å²) >= 11 is 0. The van der Waals surface area contributed by atoms with Crippen LogP contribution < -0.4 is 5.73 Å². The molecule has 3 nitrogen and oxygen atoms in total. The maximum atomic E-state index is 13.2. The van der Waals surface area contributed by atoms with Crippen molar-refractivity contribution in [2.24, 2.45) is 23.5 Å². The van der Waals surface area contributed by atoms with Gasteiger partial charge in [0.15, 0.2) is 0 Å². The molecule has 0 aromatic heterocycles. The molecule has 1 aliphatic heterocycles. The Morgan fingerprint density at radius 3 is 2.42 bits per heavy atom. The summed E-state index contributed by atoms with van der Waals surface area (Å²) in [6.07, 6.45) is 6.76. The first kappa shape index (κ1) is 17.8. The van der Waals surface area contributed by atoms with Crippen molar-refractivity contribution >= 4 is 18.3 Å². The Labute approximate surface area is 151 Å². The number of nitrogens with zero attached hydrogens (tertiary/aromatic N) is 1. The van der Waals surface area contributed by atoms with Crippen molar-refractivity contribution in [3.8, 4) is 0 Å². The van der Waals surface area contributed by atoms with Crippen LogP contribution in [0.4, 0.5) is 0 Å². The molecule has 2 saturated carbocycles. The van der Waals surface area contributed by atoms with Crippen LogP contribution in [0.15, 0.2) is 24.3 Å². The van der Waals surface area contributed by atoms with Gasteiger partial charge in [-0.3, -0.25) is 4.79 Å². The van der Waals surface area contributed by atoms with Crippen molar-refractivity contribution in [3.63, 3.8) is 0 Å². The standard InChI is InChI=1S/C20H28N2O.ClH/c1-13-9-14-5-2-3-6-17(14)12-22(13)20(23)18-10-15-7-4-8-16(11-18)19(15)21;/h2-3,5-6,13,15-16,18-19H,4,7-12,21H2,1H3;1H. The maximum Gasteiger partial charge on any atom is 0.226 e. The van der Waals surface area contributed by atoms with Crippen LogP contribution in [0.5, 0.6) is 0 Å². The van der Waals surface area contributed by atoms with E-state index in [0.717, 1.165) is 25.8 Å². The minimum absolute atomic E-state index is 0. The first-order valence-electron chi connectivity index (χ1n) is 9.26. The number of carbonyl (C=O) groups excluding carboxylic acids is 1. The third-order valence-electron chi connectivity index (χ3n) is 6.55. The lowest BCUT2D eigenvalue weighted by Gasteiger charge is -2.45. The Kier molecular flexibility index (Phi) is 5.22. The van der Waals surface area contributed by atoms with E-state index < -0.39 is 0 Å². The van der Waals surface area contributed by atoms with E-state index in [2.05, 4.69) is 36.1 Å². The van der Waals surface area contributed by atoms with Crippen molar-refractivity contribution in [1.82, 2.24) is 4.90 Å². The quantitative estimate of drug-likeness (QED) is 0.843. The summed E-state index contributed by atoms with van der Waals surface area (Å²) < 4.78 is 0. The lowest BCUT2D eigenvalue weighted by molar-refractivity contribution is -0.141. The summed E-state index contributed by atoms with van der Waals surface area (Å²) in [5.74, 6) is 1.74. The van der Waals surface area contributed by atoms with Gasteiger partial charge in [0.05, 0.1) is 0 Å². The third-order valence-corrected chi connectivity index (χ3v) is 6.55. The van der Waals surface area contributed by atoms with Gasteiger partial charge in [-0.2, -0.15) is 0 Å². The molecule has 132 valence electrons. The Morgan fingerprint density at radius 1 is 1.12 bits per heavy atom. The highest BCUT2D eigenvalue weighted by molar-refractivity contribution is 5.85. The van der Waals surface area contributed by atoms with Crippen molar-refractivity contribution < 1.29 is 4.79 Å². The SMILES string of the molecule is CC1Cc2ccccc2CN1C(=O)C1CC2CCCC(C1)C2N.Cl. The number of halogens is 1. The topological polar surface area (TPSA) is 46.3 Å². The Morgan fingerprint density at radius 2 is 1.75 bits per heavy atom. The normalized spacial score (nSPS) is 34.9. The lowest BCUT2D eigenvalue weighted by Crippen LogP contribution is -2.51. The van der Waals surface area contributed by atoms with E-state index >= 15 is 0 Å². The van der Waals surface area contributed by atoms with Crippen molar-refractivity contribution in [2.75, 3.05) is 0 Å². The molecular weight excluding hydrogens is 320 g/mol. The average Bonchev–Trinajstić information content (AvgIpc) is 2.53. The first-order valence-corrected chi connectivity index (χ1v) is 9.26. The van der Waals surface area contributed by atoms with Crippen LogP contribution in [-0.2, 0) is 17.8 Å². The second kappa shape index (κ2) is 7.05. The van der Waals surface area contributed by atoms with E-state index in [1.165, 1.54) is 30.4 Å². The molecule has 2 N–H and O–H groups in total. The number of amides is 1. The van der Waals surface area contributed by atoms with Gasteiger partial charge in [0.2, 0.25) is 5.91 Å².